The van der Waals surface area contributed by atoms with Crippen molar-refractivity contribution in [2.75, 3.05) is 19.1 Å². The lowest BCUT2D eigenvalue weighted by atomic mass is 10.0. The number of aliphatic hydroxyl groups is 1. The first-order valence-corrected chi connectivity index (χ1v) is 14.4. The lowest BCUT2D eigenvalue weighted by molar-refractivity contribution is -0.149. The van der Waals surface area contributed by atoms with Gasteiger partial charge in [-0.3, -0.25) is 19.1 Å². The number of aromatic amines is 1. The number of nitrogens with two attached hydrogens (primary N) is 1. The number of carbonyl (C=O) groups is 1. The van der Waals surface area contributed by atoms with E-state index in [1.807, 2.05) is 0 Å². The van der Waals surface area contributed by atoms with Crippen molar-refractivity contribution < 1.29 is 37.7 Å². The van der Waals surface area contributed by atoms with Crippen molar-refractivity contribution in [3.05, 3.63) is 47.0 Å². The molecule has 3 aromatic rings. The summed E-state index contributed by atoms with van der Waals surface area (Å²) in [6.45, 7) is 8.64. The van der Waals surface area contributed by atoms with E-state index in [1.165, 1.54) is 19.3 Å². The number of ether oxygens (including phenoxy) is 3. The second kappa shape index (κ2) is 11.2. The second-order valence-electron chi connectivity index (χ2n) is 9.99. The van der Waals surface area contributed by atoms with E-state index >= 15 is 0 Å². The Morgan fingerprint density at radius 1 is 1.37 bits per heavy atom. The molecule has 5 N–H and O–H groups in total. The number of carbonyl (C=O) groups excluding carboxylic acids is 1. The van der Waals surface area contributed by atoms with Gasteiger partial charge in [-0.05, 0) is 44.9 Å². The monoisotopic (exact) mass is 590 g/mol. The van der Waals surface area contributed by atoms with Gasteiger partial charge in [0.1, 0.15) is 6.04 Å². The minimum atomic E-state index is -4.30. The van der Waals surface area contributed by atoms with Crippen molar-refractivity contribution in [1.82, 2.24) is 24.6 Å². The van der Waals surface area contributed by atoms with Gasteiger partial charge in [0.2, 0.25) is 18.5 Å². The zero-order chi connectivity index (χ0) is 29.5. The Bertz CT molecular complexity index is 1590. The highest BCUT2D eigenvalue weighted by molar-refractivity contribution is 7.52. The molecule has 0 amide bonds. The van der Waals surface area contributed by atoms with Crippen molar-refractivity contribution in [1.29, 1.82) is 0 Å². The zero-order valence-electron chi connectivity index (χ0n) is 22.6. The largest absolute Gasteiger partial charge is 0.462 e. The summed E-state index contributed by atoms with van der Waals surface area (Å²) in [7, 11) is -4.30. The molecule has 1 saturated carbocycles. The fraction of sp³-hybridized carbons (Fsp3) is 0.440. The molecule has 15 nitrogen and oxygen atoms in total. The molecule has 1 aliphatic heterocycles. The van der Waals surface area contributed by atoms with Crippen LogP contribution in [0.15, 0.2) is 41.5 Å². The van der Waals surface area contributed by atoms with Crippen molar-refractivity contribution >= 4 is 30.8 Å². The van der Waals surface area contributed by atoms with Gasteiger partial charge in [0.25, 0.3) is 5.56 Å². The molecule has 2 aliphatic rings. The number of hydrogen-bond acceptors (Lipinski definition) is 12. The highest BCUT2D eigenvalue weighted by atomic mass is 31.2. The molecule has 3 heterocycles. The third kappa shape index (κ3) is 5.79. The number of H-pyrrole nitrogens is 1. The van der Waals surface area contributed by atoms with Crippen LogP contribution in [0.5, 0.6) is 17.2 Å². The molecule has 2 aromatic heterocycles. The maximum absolute atomic E-state index is 14.1. The summed E-state index contributed by atoms with van der Waals surface area (Å²) in [5, 5.41) is 13.6. The van der Waals surface area contributed by atoms with Crippen LogP contribution in [0.2, 0.25) is 0 Å². The summed E-state index contributed by atoms with van der Waals surface area (Å²) in [5.74, 6) is -0.745. The predicted octanol–water partition coefficient (Wildman–Crippen LogP) is 2.04. The van der Waals surface area contributed by atoms with E-state index in [1.54, 1.807) is 30.5 Å². The first-order valence-electron chi connectivity index (χ1n) is 12.9. The van der Waals surface area contributed by atoms with E-state index in [0.29, 0.717) is 11.3 Å². The number of esters is 1. The molecule has 0 bridgehead atoms. The number of fused-ring (bicyclic) bond motifs is 2. The smallest absolute Gasteiger partial charge is 0.459 e. The fourth-order valence-corrected chi connectivity index (χ4v) is 6.24. The quantitative estimate of drug-likeness (QED) is 0.152. The Kier molecular flexibility index (Phi) is 7.79. The summed E-state index contributed by atoms with van der Waals surface area (Å²) in [6, 6.07) is 3.22. The summed E-state index contributed by atoms with van der Waals surface area (Å²) < 4.78 is 43.3. The number of hydrogen-bond donors (Lipinski definition) is 4. The van der Waals surface area contributed by atoms with Crippen molar-refractivity contribution in [2.45, 2.75) is 51.5 Å². The number of aromatic nitrogens is 4. The van der Waals surface area contributed by atoms with Crippen LogP contribution in [-0.2, 0) is 18.6 Å². The molecule has 0 spiro atoms. The Morgan fingerprint density at radius 3 is 2.90 bits per heavy atom. The standard InChI is InChI=1S/C25H31N6O9P/c1-12(2)39-24(34)14(4)30-41(35,40-19-7-5-6-18-21(19)37-11-36-18)38-9-15-13(3)16(8-17(15)32)31-10-27-20-22(31)28-25(26)29-23(20)33/h5-7,10,12,14-17,32H,3,8-9,11H2,1-2,4H3,(H,30,35)(H3,26,28,29,33)/t14?,15-,16-,17-,41?/m0/s1. The molecule has 16 heteroatoms. The topological polar surface area (TPSA) is 202 Å². The normalized spacial score (nSPS) is 22.2. The maximum atomic E-state index is 14.1. The van der Waals surface area contributed by atoms with Crippen LogP contribution in [-0.4, -0.2) is 62.2 Å². The third-order valence-corrected chi connectivity index (χ3v) is 8.31. The number of benzene rings is 1. The first-order chi connectivity index (χ1) is 19.5. The van der Waals surface area contributed by atoms with E-state index in [4.69, 9.17) is 29.0 Å². The second-order valence-corrected chi connectivity index (χ2v) is 11.7. The van der Waals surface area contributed by atoms with Crippen LogP contribution in [0.3, 0.4) is 0 Å². The average Bonchev–Trinajstić information content (AvgIpc) is 3.60. The van der Waals surface area contributed by atoms with Crippen LogP contribution in [0.4, 0.5) is 5.95 Å². The van der Waals surface area contributed by atoms with E-state index in [2.05, 4.69) is 26.6 Å². The van der Waals surface area contributed by atoms with E-state index in [0.717, 1.165) is 0 Å². The van der Waals surface area contributed by atoms with Crippen molar-refractivity contribution in [3.8, 4) is 17.2 Å². The van der Waals surface area contributed by atoms with Gasteiger partial charge in [-0.1, -0.05) is 12.6 Å². The van der Waals surface area contributed by atoms with E-state index < -0.39 is 49.5 Å². The van der Waals surface area contributed by atoms with Crippen LogP contribution in [0.25, 0.3) is 11.2 Å². The van der Waals surface area contributed by atoms with Gasteiger partial charge in [-0.15, -0.1) is 0 Å². The van der Waals surface area contributed by atoms with Gasteiger partial charge < -0.3 is 34.1 Å². The highest BCUT2D eigenvalue weighted by Crippen LogP contribution is 2.52. The van der Waals surface area contributed by atoms with Gasteiger partial charge in [0.15, 0.2) is 22.7 Å². The van der Waals surface area contributed by atoms with Crippen LogP contribution < -0.4 is 30.4 Å². The van der Waals surface area contributed by atoms with Gasteiger partial charge in [0, 0.05) is 5.92 Å². The number of aliphatic hydroxyl groups excluding tert-OH is 1. The summed E-state index contributed by atoms with van der Waals surface area (Å²) in [5.41, 5.74) is 6.07. The molecule has 1 aromatic carbocycles. The number of nitrogens with one attached hydrogen (secondary N) is 2. The molecular formula is C25H31N6O9P. The zero-order valence-corrected chi connectivity index (χ0v) is 23.5. The van der Waals surface area contributed by atoms with Crippen molar-refractivity contribution in [2.24, 2.45) is 5.92 Å². The Hall–Kier alpha value is -3.91. The molecule has 41 heavy (non-hydrogen) atoms. The molecule has 0 saturated heterocycles. The SMILES string of the molecule is C=C1[C@H](COP(=O)(NC(C)C(=O)OC(C)C)Oc2cccc3c2OCO3)[C@@H](O)C[C@@H]1n1cnc2c(=O)[nH]c(N)nc21. The van der Waals surface area contributed by atoms with E-state index in [9.17, 15) is 19.3 Å². The van der Waals surface area contributed by atoms with Crippen LogP contribution in [0, 0.1) is 5.92 Å². The van der Waals surface area contributed by atoms with Gasteiger partial charge in [0.05, 0.1) is 31.2 Å². The lowest BCUT2D eigenvalue weighted by Gasteiger charge is -2.26. The third-order valence-electron chi connectivity index (χ3n) is 6.68. The molecule has 5 atom stereocenters. The average molecular weight is 591 g/mol. The molecule has 1 aliphatic carbocycles. The fourth-order valence-electron chi connectivity index (χ4n) is 4.72. The number of para-hydroxylation sites is 1. The van der Waals surface area contributed by atoms with Crippen LogP contribution >= 0.6 is 7.75 Å². The predicted molar refractivity (Wildman–Crippen MR) is 145 cm³/mol. The van der Waals surface area contributed by atoms with Gasteiger partial charge in [-0.25, -0.2) is 9.55 Å². The number of nitrogens with zero attached hydrogens (tertiary/aromatic N) is 3. The maximum Gasteiger partial charge on any atom is 0.459 e. The Labute approximate surface area is 234 Å². The Balaban J connectivity index is 1.37. The van der Waals surface area contributed by atoms with Crippen LogP contribution in [0.1, 0.15) is 33.2 Å². The molecular weight excluding hydrogens is 559 g/mol. The first kappa shape index (κ1) is 28.6. The molecule has 220 valence electrons. The number of anilines is 1. The van der Waals surface area contributed by atoms with Crippen molar-refractivity contribution in [3.63, 3.8) is 0 Å². The number of imidazole rings is 1. The Morgan fingerprint density at radius 2 is 2.15 bits per heavy atom. The number of rotatable bonds is 10. The van der Waals surface area contributed by atoms with Gasteiger partial charge >= 0.3 is 13.7 Å². The summed E-state index contributed by atoms with van der Waals surface area (Å²) >= 11 is 0. The lowest BCUT2D eigenvalue weighted by Crippen LogP contribution is -2.36. The minimum Gasteiger partial charge on any atom is -0.462 e. The molecule has 0 radical (unpaired) electrons. The summed E-state index contributed by atoms with van der Waals surface area (Å²) in [6.07, 6.45) is 0.261. The molecule has 2 unspecified atom stereocenters. The number of nitrogen functional groups attached to an aromatic ring is 1. The summed E-state index contributed by atoms with van der Waals surface area (Å²) in [4.78, 5) is 35.4. The molecule has 1 fully saturated rings. The van der Waals surface area contributed by atoms with Gasteiger partial charge in [-0.2, -0.15) is 10.1 Å². The van der Waals surface area contributed by atoms with E-state index in [-0.39, 0.29) is 48.4 Å². The molecule has 5 rings (SSSR count). The minimum absolute atomic E-state index is 0.0454. The highest BCUT2D eigenvalue weighted by Gasteiger charge is 2.42.